The molecule has 0 amide bonds. The number of pyridine rings is 1. The highest BCUT2D eigenvalue weighted by Gasteiger charge is 2.53. The molecule has 8 heteroatoms. The number of sulfone groups is 1. The van der Waals surface area contributed by atoms with Crippen LogP contribution in [-0.4, -0.2) is 38.0 Å². The number of hydrogen-bond donors (Lipinski definition) is 0. The zero-order valence-corrected chi connectivity index (χ0v) is 13.7. The van der Waals surface area contributed by atoms with E-state index in [1.807, 2.05) is 27.7 Å². The van der Waals surface area contributed by atoms with Crippen molar-refractivity contribution in [3.63, 3.8) is 0 Å². The third-order valence-electron chi connectivity index (χ3n) is 3.79. The highest BCUT2D eigenvalue weighted by atomic mass is 35.5. The van der Waals surface area contributed by atoms with Gasteiger partial charge in [-0.05, 0) is 33.8 Å². The first-order chi connectivity index (χ1) is 8.96. The van der Waals surface area contributed by atoms with E-state index >= 15 is 0 Å². The third kappa shape index (κ3) is 2.59. The minimum Gasteiger partial charge on any atom is -0.399 e. The van der Waals surface area contributed by atoms with Gasteiger partial charge in [0.05, 0.1) is 16.1 Å². The van der Waals surface area contributed by atoms with Gasteiger partial charge in [-0.3, -0.25) is 0 Å². The number of halogens is 1. The van der Waals surface area contributed by atoms with Gasteiger partial charge >= 0.3 is 7.12 Å². The van der Waals surface area contributed by atoms with Crippen LogP contribution in [0.2, 0.25) is 5.15 Å². The molecule has 0 saturated carbocycles. The predicted octanol–water partition coefficient (Wildman–Crippen LogP) is 1.44. The average Bonchev–Trinajstić information content (AvgIpc) is 2.46. The molecular weight excluding hydrogens is 300 g/mol. The summed E-state index contributed by atoms with van der Waals surface area (Å²) in [5.41, 5.74) is -0.896. The molecule has 1 aliphatic heterocycles. The topological polar surface area (TPSA) is 65.5 Å². The van der Waals surface area contributed by atoms with Crippen molar-refractivity contribution in [2.45, 2.75) is 43.8 Å². The molecule has 1 saturated heterocycles. The van der Waals surface area contributed by atoms with Crippen LogP contribution in [0.5, 0.6) is 0 Å². The van der Waals surface area contributed by atoms with Crippen LogP contribution in [0, 0.1) is 0 Å². The molecule has 0 spiro atoms. The molecule has 1 fully saturated rings. The second-order valence-electron chi connectivity index (χ2n) is 5.87. The largest absolute Gasteiger partial charge is 0.499 e. The summed E-state index contributed by atoms with van der Waals surface area (Å²) in [5, 5.41) is 0.0754. The molecule has 1 aliphatic rings. The molecule has 2 rings (SSSR count). The summed E-state index contributed by atoms with van der Waals surface area (Å²) in [7, 11) is -4.31. The lowest BCUT2D eigenvalue weighted by Gasteiger charge is -2.32. The maximum absolute atomic E-state index is 11.9. The Kier molecular flexibility index (Phi) is 3.70. The van der Waals surface area contributed by atoms with Crippen LogP contribution in [-0.2, 0) is 19.1 Å². The van der Waals surface area contributed by atoms with Crippen molar-refractivity contribution in [1.82, 2.24) is 4.98 Å². The molecule has 0 N–H and O–H groups in total. The minimum absolute atomic E-state index is 0.0754. The normalized spacial score (nSPS) is 21.2. The van der Waals surface area contributed by atoms with Crippen molar-refractivity contribution in [3.8, 4) is 0 Å². The summed E-state index contributed by atoms with van der Waals surface area (Å²) >= 11 is 6.07. The monoisotopic (exact) mass is 317 g/mol. The van der Waals surface area contributed by atoms with Gasteiger partial charge in [0.1, 0.15) is 5.15 Å². The van der Waals surface area contributed by atoms with Crippen LogP contribution < -0.4 is 5.46 Å². The highest BCUT2D eigenvalue weighted by Crippen LogP contribution is 2.37. The standard InChI is InChI=1S/C12H17BClNO4S/c1-11(2)12(3,4)19-13(18-11)9-8(20(5,16)17)6-7-15-10(9)14/h6-7H,1-5H3. The van der Waals surface area contributed by atoms with E-state index in [4.69, 9.17) is 20.9 Å². The van der Waals surface area contributed by atoms with E-state index in [9.17, 15) is 8.42 Å². The van der Waals surface area contributed by atoms with Crippen molar-refractivity contribution in [1.29, 1.82) is 0 Å². The quantitative estimate of drug-likeness (QED) is 0.610. The Balaban J connectivity index is 2.56. The molecule has 20 heavy (non-hydrogen) atoms. The summed E-state index contributed by atoms with van der Waals surface area (Å²) in [6.07, 6.45) is 2.47. The summed E-state index contributed by atoms with van der Waals surface area (Å²) in [4.78, 5) is 4.01. The van der Waals surface area contributed by atoms with Crippen LogP contribution in [0.15, 0.2) is 17.2 Å². The third-order valence-corrected chi connectivity index (χ3v) is 5.25. The van der Waals surface area contributed by atoms with Gasteiger partial charge in [0.2, 0.25) is 0 Å². The van der Waals surface area contributed by atoms with Crippen LogP contribution in [0.25, 0.3) is 0 Å². The molecule has 0 atom stereocenters. The molecule has 2 heterocycles. The Labute approximate surface area is 124 Å². The van der Waals surface area contributed by atoms with Crippen molar-refractivity contribution >= 4 is 34.0 Å². The zero-order valence-electron chi connectivity index (χ0n) is 12.1. The first-order valence-corrected chi connectivity index (χ1v) is 8.43. The van der Waals surface area contributed by atoms with E-state index in [0.717, 1.165) is 6.26 Å². The molecule has 0 aromatic carbocycles. The summed E-state index contributed by atoms with van der Waals surface area (Å²) in [6.45, 7) is 7.55. The van der Waals surface area contributed by atoms with E-state index in [1.54, 1.807) is 0 Å². The van der Waals surface area contributed by atoms with Crippen LogP contribution in [0.3, 0.4) is 0 Å². The van der Waals surface area contributed by atoms with Crippen molar-refractivity contribution in [2.75, 3.05) is 6.26 Å². The van der Waals surface area contributed by atoms with Crippen LogP contribution >= 0.6 is 11.6 Å². The first-order valence-electron chi connectivity index (χ1n) is 6.16. The molecule has 0 aliphatic carbocycles. The fraction of sp³-hybridized carbons (Fsp3) is 0.583. The molecule has 1 aromatic heterocycles. The van der Waals surface area contributed by atoms with Gasteiger partial charge in [0.25, 0.3) is 0 Å². The summed E-state index contributed by atoms with van der Waals surface area (Å²) in [6, 6.07) is 1.40. The van der Waals surface area contributed by atoms with Gasteiger partial charge in [-0.25, -0.2) is 13.4 Å². The fourth-order valence-electron chi connectivity index (χ4n) is 1.93. The number of nitrogens with zero attached hydrogens (tertiary/aromatic N) is 1. The van der Waals surface area contributed by atoms with Crippen LogP contribution in [0.1, 0.15) is 27.7 Å². The number of aromatic nitrogens is 1. The molecule has 0 radical (unpaired) electrons. The Bertz CT molecular complexity index is 629. The molecule has 1 aromatic rings. The highest BCUT2D eigenvalue weighted by molar-refractivity contribution is 7.91. The van der Waals surface area contributed by atoms with E-state index in [-0.39, 0.29) is 15.5 Å². The maximum Gasteiger partial charge on any atom is 0.499 e. The second kappa shape index (κ2) is 4.69. The van der Waals surface area contributed by atoms with Crippen molar-refractivity contribution in [2.24, 2.45) is 0 Å². The number of hydrogen-bond acceptors (Lipinski definition) is 5. The van der Waals surface area contributed by atoms with E-state index in [2.05, 4.69) is 4.98 Å². The van der Waals surface area contributed by atoms with Gasteiger partial charge in [0.15, 0.2) is 9.84 Å². The van der Waals surface area contributed by atoms with Crippen molar-refractivity contribution < 1.29 is 17.7 Å². The number of rotatable bonds is 2. The van der Waals surface area contributed by atoms with Gasteiger partial charge in [-0.15, -0.1) is 0 Å². The van der Waals surface area contributed by atoms with E-state index < -0.39 is 28.2 Å². The van der Waals surface area contributed by atoms with Gasteiger partial charge in [-0.2, -0.15) is 0 Å². The minimum atomic E-state index is -3.45. The lowest BCUT2D eigenvalue weighted by molar-refractivity contribution is 0.00578. The average molecular weight is 318 g/mol. The van der Waals surface area contributed by atoms with Gasteiger partial charge < -0.3 is 9.31 Å². The van der Waals surface area contributed by atoms with E-state index in [0.29, 0.717) is 0 Å². The molecule has 0 bridgehead atoms. The molecule has 110 valence electrons. The smallest absolute Gasteiger partial charge is 0.399 e. The molecule has 0 unspecified atom stereocenters. The fourth-order valence-corrected chi connectivity index (χ4v) is 3.13. The van der Waals surface area contributed by atoms with Gasteiger partial charge in [-0.1, -0.05) is 11.6 Å². The lowest BCUT2D eigenvalue weighted by atomic mass is 9.80. The van der Waals surface area contributed by atoms with Crippen LogP contribution in [0.4, 0.5) is 0 Å². The Hall–Kier alpha value is -0.625. The molecular formula is C12H17BClNO4S. The second-order valence-corrected chi connectivity index (χ2v) is 8.22. The predicted molar refractivity (Wildman–Crippen MR) is 78.1 cm³/mol. The Morgan fingerprint density at radius 1 is 1.20 bits per heavy atom. The van der Waals surface area contributed by atoms with E-state index in [1.165, 1.54) is 12.3 Å². The lowest BCUT2D eigenvalue weighted by Crippen LogP contribution is -2.41. The van der Waals surface area contributed by atoms with Crippen molar-refractivity contribution in [3.05, 3.63) is 17.4 Å². The Morgan fingerprint density at radius 3 is 2.15 bits per heavy atom. The molecule has 5 nitrogen and oxygen atoms in total. The van der Waals surface area contributed by atoms with Gasteiger partial charge in [0, 0.05) is 17.9 Å². The summed E-state index contributed by atoms with van der Waals surface area (Å²) in [5.74, 6) is 0. The SMILES string of the molecule is CC1(C)OB(c2c(S(C)(=O)=O)ccnc2Cl)OC1(C)C. The summed E-state index contributed by atoms with van der Waals surface area (Å²) < 4.78 is 35.5. The zero-order chi connectivity index (χ0) is 15.3. The maximum atomic E-state index is 11.9. The Morgan fingerprint density at radius 2 is 1.70 bits per heavy atom. The first kappa shape index (κ1) is 15.8.